The zero-order valence-corrected chi connectivity index (χ0v) is 14.2. The van der Waals surface area contributed by atoms with Gasteiger partial charge in [-0.15, -0.1) is 0 Å². The van der Waals surface area contributed by atoms with E-state index in [1.54, 1.807) is 0 Å². The maximum absolute atomic E-state index is 11.9. The first kappa shape index (κ1) is 17.7. The molecule has 1 fully saturated rings. The van der Waals surface area contributed by atoms with Crippen molar-refractivity contribution in [3.63, 3.8) is 0 Å². The average molecular weight is 335 g/mol. The van der Waals surface area contributed by atoms with Gasteiger partial charge in [-0.25, -0.2) is 0 Å². The Balaban J connectivity index is 1.69. The average Bonchev–Trinajstić information content (AvgIpc) is 2.97. The van der Waals surface area contributed by atoms with Crippen molar-refractivity contribution >= 4 is 17.5 Å². The molecule has 1 aromatic rings. The van der Waals surface area contributed by atoms with Gasteiger partial charge in [-0.2, -0.15) is 5.26 Å². The summed E-state index contributed by atoms with van der Waals surface area (Å²) in [4.78, 5) is 14.0. The van der Waals surface area contributed by atoms with Crippen LogP contribution >= 0.6 is 11.6 Å². The van der Waals surface area contributed by atoms with E-state index in [9.17, 15) is 4.79 Å². The predicted octanol–water partition coefficient (Wildman–Crippen LogP) is 1.84. The van der Waals surface area contributed by atoms with E-state index in [-0.39, 0.29) is 18.5 Å². The van der Waals surface area contributed by atoms with Gasteiger partial charge in [0, 0.05) is 24.2 Å². The Hall–Kier alpha value is -1.61. The second-order valence-electron chi connectivity index (χ2n) is 5.88. The number of benzene rings is 1. The number of hydrogen-bond donors (Lipinski definition) is 2. The molecule has 1 atom stereocenters. The summed E-state index contributed by atoms with van der Waals surface area (Å²) in [5.74, 6) is -0.0300. The second kappa shape index (κ2) is 8.88. The number of nitrogens with one attached hydrogen (secondary N) is 2. The highest BCUT2D eigenvalue weighted by Crippen LogP contribution is 2.19. The molecule has 0 unspecified atom stereocenters. The molecule has 124 valence electrons. The van der Waals surface area contributed by atoms with Gasteiger partial charge in [-0.05, 0) is 37.4 Å². The summed E-state index contributed by atoms with van der Waals surface area (Å²) in [6.07, 6.45) is 2.13. The first-order valence-corrected chi connectivity index (χ1v) is 8.32. The number of likely N-dealkylation sites (tertiary alicyclic amines) is 1. The van der Waals surface area contributed by atoms with Crippen molar-refractivity contribution in [2.45, 2.75) is 32.4 Å². The number of carbonyl (C=O) groups is 1. The molecule has 0 aliphatic carbocycles. The molecule has 1 amide bonds. The van der Waals surface area contributed by atoms with Crippen molar-refractivity contribution in [1.82, 2.24) is 15.5 Å². The Morgan fingerprint density at radius 2 is 2.35 bits per heavy atom. The van der Waals surface area contributed by atoms with Crippen LogP contribution in [-0.4, -0.2) is 43.0 Å². The summed E-state index contributed by atoms with van der Waals surface area (Å²) >= 11 is 6.23. The number of rotatable bonds is 7. The molecule has 1 aliphatic heterocycles. The molecule has 0 aromatic heterocycles. The topological polar surface area (TPSA) is 68.2 Å². The molecule has 1 aromatic carbocycles. The number of nitrogens with zero attached hydrogens (tertiary/aromatic N) is 2. The SMILES string of the molecule is Cc1cccc(CNCC(=O)NC[C@@H]2CCCN2CC#N)c1Cl. The van der Waals surface area contributed by atoms with Crippen molar-refractivity contribution in [3.05, 3.63) is 34.3 Å². The van der Waals surface area contributed by atoms with Crippen molar-refractivity contribution < 1.29 is 4.79 Å². The molecule has 1 saturated heterocycles. The summed E-state index contributed by atoms with van der Waals surface area (Å²) in [7, 11) is 0. The largest absolute Gasteiger partial charge is 0.353 e. The van der Waals surface area contributed by atoms with Gasteiger partial charge in [-0.3, -0.25) is 9.69 Å². The van der Waals surface area contributed by atoms with Crippen LogP contribution in [0.4, 0.5) is 0 Å². The summed E-state index contributed by atoms with van der Waals surface area (Å²) in [6.45, 7) is 4.77. The van der Waals surface area contributed by atoms with Crippen molar-refractivity contribution in [2.24, 2.45) is 0 Å². The van der Waals surface area contributed by atoms with Crippen LogP contribution in [0.15, 0.2) is 18.2 Å². The van der Waals surface area contributed by atoms with Gasteiger partial charge >= 0.3 is 0 Å². The molecule has 1 aliphatic rings. The molecule has 5 nitrogen and oxygen atoms in total. The monoisotopic (exact) mass is 334 g/mol. The van der Waals surface area contributed by atoms with E-state index < -0.39 is 0 Å². The number of amides is 1. The lowest BCUT2D eigenvalue weighted by Gasteiger charge is -2.21. The van der Waals surface area contributed by atoms with E-state index in [1.165, 1.54) is 0 Å². The van der Waals surface area contributed by atoms with Crippen LogP contribution in [0, 0.1) is 18.3 Å². The van der Waals surface area contributed by atoms with E-state index in [2.05, 4.69) is 21.6 Å². The van der Waals surface area contributed by atoms with E-state index in [4.69, 9.17) is 16.9 Å². The van der Waals surface area contributed by atoms with E-state index in [0.29, 0.717) is 19.6 Å². The van der Waals surface area contributed by atoms with Crippen LogP contribution in [0.1, 0.15) is 24.0 Å². The van der Waals surface area contributed by atoms with Crippen LogP contribution < -0.4 is 10.6 Å². The number of nitriles is 1. The van der Waals surface area contributed by atoms with Crippen LogP contribution in [0.2, 0.25) is 5.02 Å². The lowest BCUT2D eigenvalue weighted by Crippen LogP contribution is -2.42. The fourth-order valence-electron chi connectivity index (χ4n) is 2.87. The van der Waals surface area contributed by atoms with Gasteiger partial charge in [0.05, 0.1) is 19.2 Å². The molecule has 0 saturated carbocycles. The van der Waals surface area contributed by atoms with E-state index in [1.807, 2.05) is 25.1 Å². The summed E-state index contributed by atoms with van der Waals surface area (Å²) in [5.41, 5.74) is 2.03. The molecule has 6 heteroatoms. The number of halogens is 1. The molecule has 0 radical (unpaired) electrons. The summed E-state index contributed by atoms with van der Waals surface area (Å²) in [5, 5.41) is 15.6. The van der Waals surface area contributed by atoms with Gasteiger partial charge in [0.1, 0.15) is 0 Å². The molecule has 2 N–H and O–H groups in total. The lowest BCUT2D eigenvalue weighted by atomic mass is 10.1. The van der Waals surface area contributed by atoms with Crippen molar-refractivity contribution in [3.8, 4) is 6.07 Å². The Morgan fingerprint density at radius 1 is 1.52 bits per heavy atom. The van der Waals surface area contributed by atoms with Gasteiger partial charge in [0.15, 0.2) is 0 Å². The standard InChI is InChI=1S/C17H23ClN4O/c1-13-4-2-5-14(17(13)18)10-20-12-16(23)21-11-15-6-3-8-22(15)9-7-19/h2,4-5,15,20H,3,6,8-12H2,1H3,(H,21,23)/t15-/m0/s1. The van der Waals surface area contributed by atoms with Crippen molar-refractivity contribution in [2.75, 3.05) is 26.2 Å². The zero-order valence-electron chi connectivity index (χ0n) is 13.4. The smallest absolute Gasteiger partial charge is 0.234 e. The Kier molecular flexibility index (Phi) is 6.85. The van der Waals surface area contributed by atoms with E-state index >= 15 is 0 Å². The van der Waals surface area contributed by atoms with Crippen LogP contribution in [0.3, 0.4) is 0 Å². The summed E-state index contributed by atoms with van der Waals surface area (Å²) in [6, 6.07) is 8.34. The normalized spacial score (nSPS) is 17.9. The molecule has 23 heavy (non-hydrogen) atoms. The predicted molar refractivity (Wildman–Crippen MR) is 91.1 cm³/mol. The highest BCUT2D eigenvalue weighted by Gasteiger charge is 2.24. The Morgan fingerprint density at radius 3 is 3.13 bits per heavy atom. The first-order chi connectivity index (χ1) is 11.1. The number of carbonyl (C=O) groups excluding carboxylic acids is 1. The van der Waals surface area contributed by atoms with Crippen LogP contribution in [0.5, 0.6) is 0 Å². The minimum atomic E-state index is -0.0300. The minimum absolute atomic E-state index is 0.0300. The maximum Gasteiger partial charge on any atom is 0.234 e. The zero-order chi connectivity index (χ0) is 16.7. The molecule has 0 bridgehead atoms. The van der Waals surface area contributed by atoms with Gasteiger partial charge in [0.2, 0.25) is 5.91 Å². The quantitative estimate of drug-likeness (QED) is 0.747. The third-order valence-corrected chi connectivity index (χ3v) is 4.72. The Labute approximate surface area is 142 Å². The van der Waals surface area contributed by atoms with Gasteiger partial charge in [0.25, 0.3) is 0 Å². The van der Waals surface area contributed by atoms with Gasteiger partial charge in [-0.1, -0.05) is 29.8 Å². The Bertz CT molecular complexity index is 584. The highest BCUT2D eigenvalue weighted by molar-refractivity contribution is 6.32. The van der Waals surface area contributed by atoms with E-state index in [0.717, 1.165) is 35.5 Å². The van der Waals surface area contributed by atoms with Gasteiger partial charge < -0.3 is 10.6 Å². The third-order valence-electron chi connectivity index (χ3n) is 4.18. The third kappa shape index (κ3) is 5.21. The molecular formula is C17H23ClN4O. The van der Waals surface area contributed by atoms with Crippen LogP contribution in [0.25, 0.3) is 0 Å². The molecule has 2 rings (SSSR count). The summed E-state index contributed by atoms with van der Waals surface area (Å²) < 4.78 is 0. The molecule has 0 spiro atoms. The minimum Gasteiger partial charge on any atom is -0.353 e. The molecule has 1 heterocycles. The maximum atomic E-state index is 11.9. The molecular weight excluding hydrogens is 312 g/mol. The second-order valence-corrected chi connectivity index (χ2v) is 6.26. The number of aryl methyl sites for hydroxylation is 1. The lowest BCUT2D eigenvalue weighted by molar-refractivity contribution is -0.120. The van der Waals surface area contributed by atoms with Crippen LogP contribution in [-0.2, 0) is 11.3 Å². The highest BCUT2D eigenvalue weighted by atomic mass is 35.5. The number of hydrogen-bond acceptors (Lipinski definition) is 4. The van der Waals surface area contributed by atoms with Crippen molar-refractivity contribution in [1.29, 1.82) is 5.26 Å². The first-order valence-electron chi connectivity index (χ1n) is 7.94. The fourth-order valence-corrected chi connectivity index (χ4v) is 3.07. The fraction of sp³-hybridized carbons (Fsp3) is 0.529.